The van der Waals surface area contributed by atoms with Gasteiger partial charge in [0.25, 0.3) is 0 Å². The van der Waals surface area contributed by atoms with Crippen LogP contribution < -0.4 is 14.4 Å². The lowest BCUT2D eigenvalue weighted by Gasteiger charge is -2.25. The zero-order chi connectivity index (χ0) is 18.0. The van der Waals surface area contributed by atoms with Crippen LogP contribution in [0.1, 0.15) is 11.1 Å². The van der Waals surface area contributed by atoms with Crippen LogP contribution in [-0.4, -0.2) is 27.0 Å². The van der Waals surface area contributed by atoms with Gasteiger partial charge in [-0.15, -0.1) is 0 Å². The van der Waals surface area contributed by atoms with Crippen molar-refractivity contribution in [3.8, 4) is 11.5 Å². The lowest BCUT2D eigenvalue weighted by molar-refractivity contribution is -0.362. The molecule has 0 radical (unpaired) electrons. The average Bonchev–Trinajstić information content (AvgIpc) is 2.63. The normalized spacial score (nSPS) is 16.1. The van der Waals surface area contributed by atoms with Gasteiger partial charge in [-0.25, -0.2) is 0 Å². The molecule has 2 aromatic carbocycles. The van der Waals surface area contributed by atoms with Gasteiger partial charge in [-0.1, -0.05) is 0 Å². The summed E-state index contributed by atoms with van der Waals surface area (Å²) in [6.45, 7) is 0. The summed E-state index contributed by atoms with van der Waals surface area (Å²) in [7, 11) is -1.50. The summed E-state index contributed by atoms with van der Waals surface area (Å²) in [5, 5.41) is 0. The Morgan fingerprint density at radius 3 is 1.80 bits per heavy atom. The molecule has 2 aromatic rings. The van der Waals surface area contributed by atoms with E-state index >= 15 is 0 Å². The molecule has 8 heteroatoms. The summed E-state index contributed by atoms with van der Waals surface area (Å²) >= 11 is 0. The summed E-state index contributed by atoms with van der Waals surface area (Å²) in [5.74, 6) is -0.357. The monoisotopic (exact) mass is 349 g/mol. The predicted molar refractivity (Wildman–Crippen MR) is 88.1 cm³/mol. The van der Waals surface area contributed by atoms with Gasteiger partial charge in [0.05, 0.1) is 14.2 Å². The average molecular weight is 349 g/mol. The Hall–Kier alpha value is -2.90. The van der Waals surface area contributed by atoms with Crippen LogP contribution >= 0.6 is 0 Å². The number of ether oxygens (including phenoxy) is 2. The molecule has 0 aliphatic carbocycles. The fourth-order valence-corrected chi connectivity index (χ4v) is 2.48. The zero-order valence-electron chi connectivity index (χ0n) is 13.6. The van der Waals surface area contributed by atoms with Crippen LogP contribution in [0.3, 0.4) is 0 Å². The molecule has 0 saturated heterocycles. The smallest absolute Gasteiger partial charge is 0.597 e. The lowest BCUT2D eigenvalue weighted by atomic mass is 9.97. The third-order valence-corrected chi connectivity index (χ3v) is 3.73. The van der Waals surface area contributed by atoms with Crippen molar-refractivity contribution in [3.05, 3.63) is 65.5 Å². The molecule has 1 heterocycles. The Bertz CT molecular complexity index is 833. The molecular formula is C17H15BF3NO3. The number of nitrogens with one attached hydrogen (secondary N) is 1. The highest BCUT2D eigenvalue weighted by molar-refractivity contribution is 6.52. The molecular weight excluding hydrogens is 334 g/mol. The fourth-order valence-electron chi connectivity index (χ4n) is 2.48. The Morgan fingerprint density at radius 1 is 0.840 bits per heavy atom. The molecule has 0 saturated carbocycles. The molecule has 1 N–H and O–H groups in total. The third-order valence-electron chi connectivity index (χ3n) is 3.73. The van der Waals surface area contributed by atoms with Crippen LogP contribution in [0.15, 0.2) is 54.4 Å². The first kappa shape index (κ1) is 16.9. The molecule has 0 fully saturated rings. The van der Waals surface area contributed by atoms with Crippen molar-refractivity contribution < 1.29 is 32.1 Å². The number of rotatable bonds is 4. The van der Waals surface area contributed by atoms with E-state index in [2.05, 4.69) is 4.65 Å². The summed E-state index contributed by atoms with van der Waals surface area (Å²) in [6, 6.07) is 12.1. The molecule has 0 spiro atoms. The lowest BCUT2D eigenvalue weighted by Crippen LogP contribution is -2.90. The van der Waals surface area contributed by atoms with Crippen LogP contribution in [0, 0.1) is 0 Å². The minimum atomic E-state index is -4.45. The van der Waals surface area contributed by atoms with E-state index in [1.54, 1.807) is 24.3 Å². The zero-order valence-corrected chi connectivity index (χ0v) is 13.6. The summed E-state index contributed by atoms with van der Waals surface area (Å²) in [6.07, 6.45) is 0. The summed E-state index contributed by atoms with van der Waals surface area (Å²) in [5.41, 5.74) is 0.117. The maximum absolute atomic E-state index is 14.9. The van der Waals surface area contributed by atoms with E-state index in [4.69, 9.17) is 9.47 Å². The van der Waals surface area contributed by atoms with E-state index in [-0.39, 0.29) is 16.8 Å². The van der Waals surface area contributed by atoms with Gasteiger partial charge in [0.1, 0.15) is 17.3 Å². The van der Waals surface area contributed by atoms with Crippen molar-refractivity contribution in [3.63, 3.8) is 0 Å². The predicted octanol–water partition coefficient (Wildman–Crippen LogP) is 2.32. The molecule has 0 amide bonds. The van der Waals surface area contributed by atoms with Crippen LogP contribution in [-0.2, 0) is 4.65 Å². The first-order valence-corrected chi connectivity index (χ1v) is 7.47. The van der Waals surface area contributed by atoms with Crippen molar-refractivity contribution in [2.45, 2.75) is 0 Å². The molecule has 25 heavy (non-hydrogen) atoms. The maximum Gasteiger partial charge on any atom is 0.827 e. The fraction of sp³-hybridized carbons (Fsp3) is 0.118. The Morgan fingerprint density at radius 2 is 1.32 bits per heavy atom. The van der Waals surface area contributed by atoms with Crippen LogP contribution in [0.5, 0.6) is 11.5 Å². The number of methoxy groups -OCH3 is 2. The van der Waals surface area contributed by atoms with Crippen LogP contribution in [0.25, 0.3) is 5.76 Å². The number of benzene rings is 2. The molecule has 1 aliphatic rings. The van der Waals surface area contributed by atoms with Crippen molar-refractivity contribution in [2.75, 3.05) is 14.2 Å². The second-order valence-corrected chi connectivity index (χ2v) is 5.33. The van der Waals surface area contributed by atoms with Gasteiger partial charge in [-0.05, 0) is 48.5 Å². The van der Waals surface area contributed by atoms with E-state index in [9.17, 15) is 13.0 Å². The first-order chi connectivity index (χ1) is 11.9. The molecule has 0 atom stereocenters. The highest BCUT2D eigenvalue weighted by Gasteiger charge is 2.47. The SMILES string of the molecule is COc1ccc(C2=[NH+][B-](F)(F)OC(c3ccc(OC)cc3)=C2F)cc1. The molecule has 3 rings (SSSR count). The molecule has 1 aliphatic heterocycles. The largest absolute Gasteiger partial charge is 0.827 e. The Balaban J connectivity index is 2.06. The topological polar surface area (TPSA) is 41.7 Å². The molecule has 130 valence electrons. The van der Waals surface area contributed by atoms with E-state index in [0.717, 1.165) is 0 Å². The highest BCUT2D eigenvalue weighted by Crippen LogP contribution is 2.29. The highest BCUT2D eigenvalue weighted by atomic mass is 19.3. The van der Waals surface area contributed by atoms with Gasteiger partial charge in [-0.2, -0.15) is 4.39 Å². The van der Waals surface area contributed by atoms with Gasteiger partial charge >= 0.3 is 7.04 Å². The summed E-state index contributed by atoms with van der Waals surface area (Å²) in [4.78, 5) is 1.84. The van der Waals surface area contributed by atoms with E-state index in [0.29, 0.717) is 11.5 Å². The van der Waals surface area contributed by atoms with Gasteiger partial charge in [0.15, 0.2) is 0 Å². The minimum Gasteiger partial charge on any atom is -0.597 e. The number of allylic oxidation sites excluding steroid dienone is 1. The molecule has 0 bridgehead atoms. The quantitative estimate of drug-likeness (QED) is 0.862. The third kappa shape index (κ3) is 3.47. The van der Waals surface area contributed by atoms with Crippen molar-refractivity contribution in [2.24, 2.45) is 0 Å². The van der Waals surface area contributed by atoms with Crippen LogP contribution in [0.4, 0.5) is 13.0 Å². The van der Waals surface area contributed by atoms with Gasteiger partial charge in [0.2, 0.25) is 11.5 Å². The summed E-state index contributed by atoms with van der Waals surface area (Å²) < 4.78 is 57.5. The second-order valence-electron chi connectivity index (χ2n) is 5.33. The van der Waals surface area contributed by atoms with E-state index in [1.165, 1.54) is 38.5 Å². The van der Waals surface area contributed by atoms with E-state index < -0.39 is 18.6 Å². The number of hydrogen-bond donors (Lipinski definition) is 1. The Kier molecular flexibility index (Phi) is 4.44. The molecule has 0 aromatic heterocycles. The van der Waals surface area contributed by atoms with Crippen molar-refractivity contribution in [1.29, 1.82) is 0 Å². The van der Waals surface area contributed by atoms with Crippen LogP contribution in [0.2, 0.25) is 0 Å². The maximum atomic E-state index is 14.9. The van der Waals surface area contributed by atoms with E-state index in [1.807, 2.05) is 4.90 Å². The van der Waals surface area contributed by atoms with Crippen molar-refractivity contribution >= 4 is 18.5 Å². The number of halogens is 3. The van der Waals surface area contributed by atoms with Gasteiger partial charge < -0.3 is 27.7 Å². The minimum absolute atomic E-state index is 0.187. The first-order valence-electron chi connectivity index (χ1n) is 7.47. The van der Waals surface area contributed by atoms with Crippen molar-refractivity contribution in [1.82, 2.24) is 0 Å². The molecule has 0 unspecified atom stereocenters. The standard InChI is InChI=1S/C17H15BF3NO3/c1-23-13-7-3-11(4-8-13)16-15(19)17(25-18(20,21)22-16)12-5-9-14(24-2)10-6-12/h3-10,22H,1-2H3. The van der Waals surface area contributed by atoms with Gasteiger partial charge in [0, 0.05) is 11.1 Å². The number of hydrogen-bond acceptors (Lipinski definition) is 3. The Labute approximate surface area is 142 Å². The second kappa shape index (κ2) is 6.54. The van der Waals surface area contributed by atoms with Gasteiger partial charge in [-0.3, -0.25) is 0 Å². The molecule has 4 nitrogen and oxygen atoms in total.